The van der Waals surface area contributed by atoms with Gasteiger partial charge in [0.1, 0.15) is 0 Å². The molecule has 1 heteroatoms. The van der Waals surface area contributed by atoms with Crippen LogP contribution in [0.15, 0.2) is 16.3 Å². The van der Waals surface area contributed by atoms with Gasteiger partial charge in [-0.1, -0.05) is 52.6 Å². The molecule has 0 atom stereocenters. The number of hydrogen-bond acceptors (Lipinski definition) is 0. The van der Waals surface area contributed by atoms with Crippen molar-refractivity contribution in [1.82, 2.24) is 0 Å². The Kier molecular flexibility index (Phi) is 3.19. The second kappa shape index (κ2) is 3.76. The van der Waals surface area contributed by atoms with E-state index in [0.717, 1.165) is 11.5 Å². The van der Waals surface area contributed by atoms with Crippen molar-refractivity contribution in [2.45, 2.75) is 53.9 Å². The quantitative estimate of drug-likeness (QED) is 0.585. The molecule has 0 spiro atoms. The van der Waals surface area contributed by atoms with E-state index in [9.17, 15) is 0 Å². The van der Waals surface area contributed by atoms with Crippen LogP contribution in [0.25, 0.3) is 0 Å². The lowest BCUT2D eigenvalue weighted by Crippen LogP contribution is -1.95. The first kappa shape index (κ1) is 11.9. The number of allylic oxidation sites excluding steroid dienone is 1. The second-order valence-electron chi connectivity index (χ2n) is 5.26. The SMILES string of the molecule is CCCCC(Cl)=C=C1C(C)(C)C1(C)C. The van der Waals surface area contributed by atoms with Crippen molar-refractivity contribution < 1.29 is 0 Å². The lowest BCUT2D eigenvalue weighted by atomic mass is 10.0. The van der Waals surface area contributed by atoms with Gasteiger partial charge in [-0.25, -0.2) is 0 Å². The third-order valence-corrected chi connectivity index (χ3v) is 4.04. The summed E-state index contributed by atoms with van der Waals surface area (Å²) in [6.07, 6.45) is 3.34. The van der Waals surface area contributed by atoms with Crippen molar-refractivity contribution in [3.05, 3.63) is 16.3 Å². The summed E-state index contributed by atoms with van der Waals surface area (Å²) >= 11 is 6.13. The number of halogens is 1. The van der Waals surface area contributed by atoms with Crippen molar-refractivity contribution >= 4 is 11.6 Å². The highest BCUT2D eigenvalue weighted by Gasteiger charge is 2.60. The van der Waals surface area contributed by atoms with E-state index in [0.29, 0.717) is 10.8 Å². The van der Waals surface area contributed by atoms with Crippen LogP contribution in [-0.2, 0) is 0 Å². The zero-order valence-corrected chi connectivity index (χ0v) is 10.8. The maximum absolute atomic E-state index is 6.13. The topological polar surface area (TPSA) is 0 Å². The summed E-state index contributed by atoms with van der Waals surface area (Å²) in [6.45, 7) is 11.2. The van der Waals surface area contributed by atoms with Gasteiger partial charge in [0.05, 0.1) is 5.03 Å². The van der Waals surface area contributed by atoms with Gasteiger partial charge in [-0.2, -0.15) is 0 Å². The van der Waals surface area contributed by atoms with E-state index in [-0.39, 0.29) is 0 Å². The van der Waals surface area contributed by atoms with Crippen LogP contribution >= 0.6 is 11.6 Å². The van der Waals surface area contributed by atoms with Crippen LogP contribution in [0.1, 0.15) is 53.9 Å². The minimum absolute atomic E-state index is 0.291. The molecule has 0 N–H and O–H groups in total. The molecule has 1 fully saturated rings. The predicted molar refractivity (Wildman–Crippen MR) is 63.5 cm³/mol. The Bertz CT molecular complexity index is 272. The van der Waals surface area contributed by atoms with Gasteiger partial charge in [0.25, 0.3) is 0 Å². The molecule has 0 heterocycles. The summed E-state index contributed by atoms with van der Waals surface area (Å²) in [5, 5.41) is 0.903. The fourth-order valence-electron chi connectivity index (χ4n) is 1.87. The molecule has 0 aromatic rings. The van der Waals surface area contributed by atoms with Crippen molar-refractivity contribution in [3.8, 4) is 0 Å². The fraction of sp³-hybridized carbons (Fsp3) is 0.769. The zero-order valence-electron chi connectivity index (χ0n) is 10.00. The molecule has 0 aromatic carbocycles. The maximum Gasteiger partial charge on any atom is 0.0597 e. The highest BCUT2D eigenvalue weighted by atomic mass is 35.5. The molecule has 1 aliphatic rings. The average molecular weight is 213 g/mol. The predicted octanol–water partition coefficient (Wildman–Crippen LogP) is 4.89. The smallest absolute Gasteiger partial charge is 0.0597 e. The summed E-state index contributed by atoms with van der Waals surface area (Å²) in [5.74, 6) is 0. The van der Waals surface area contributed by atoms with Gasteiger partial charge in [-0.15, -0.1) is 5.73 Å². The van der Waals surface area contributed by atoms with Crippen LogP contribution < -0.4 is 0 Å². The van der Waals surface area contributed by atoms with Crippen LogP contribution in [0.3, 0.4) is 0 Å². The molecule has 1 saturated carbocycles. The molecule has 0 aromatic heterocycles. The third-order valence-electron chi connectivity index (χ3n) is 3.76. The first-order chi connectivity index (χ1) is 6.34. The summed E-state index contributed by atoms with van der Waals surface area (Å²) in [7, 11) is 0. The van der Waals surface area contributed by atoms with E-state index in [4.69, 9.17) is 11.6 Å². The summed E-state index contributed by atoms with van der Waals surface area (Å²) in [5.41, 5.74) is 5.33. The zero-order chi connectivity index (χ0) is 11.0. The monoisotopic (exact) mass is 212 g/mol. The molecule has 80 valence electrons. The minimum atomic E-state index is 0.291. The van der Waals surface area contributed by atoms with E-state index in [1.807, 2.05) is 0 Å². The van der Waals surface area contributed by atoms with Crippen molar-refractivity contribution in [2.24, 2.45) is 10.8 Å². The fourth-order valence-corrected chi connectivity index (χ4v) is 2.10. The average Bonchev–Trinajstić information content (AvgIpc) is 2.44. The highest BCUT2D eigenvalue weighted by Crippen LogP contribution is 2.67. The van der Waals surface area contributed by atoms with E-state index in [2.05, 4.69) is 40.3 Å². The minimum Gasteiger partial charge on any atom is -0.105 e. The van der Waals surface area contributed by atoms with Gasteiger partial charge in [-0.3, -0.25) is 0 Å². The van der Waals surface area contributed by atoms with E-state index in [1.165, 1.54) is 18.4 Å². The van der Waals surface area contributed by atoms with Crippen molar-refractivity contribution in [1.29, 1.82) is 0 Å². The van der Waals surface area contributed by atoms with Crippen LogP contribution in [-0.4, -0.2) is 0 Å². The Hall–Kier alpha value is -0.190. The molecule has 0 unspecified atom stereocenters. The lowest BCUT2D eigenvalue weighted by molar-refractivity contribution is 0.457. The Labute approximate surface area is 93.0 Å². The van der Waals surface area contributed by atoms with Gasteiger partial charge in [-0.05, 0) is 18.4 Å². The van der Waals surface area contributed by atoms with Gasteiger partial charge in [0.2, 0.25) is 0 Å². The van der Waals surface area contributed by atoms with Crippen LogP contribution in [0, 0.1) is 10.8 Å². The number of rotatable bonds is 3. The van der Waals surface area contributed by atoms with Gasteiger partial charge < -0.3 is 0 Å². The van der Waals surface area contributed by atoms with Crippen molar-refractivity contribution in [3.63, 3.8) is 0 Å². The first-order valence-electron chi connectivity index (χ1n) is 5.50. The first-order valence-corrected chi connectivity index (χ1v) is 5.88. The molecule has 0 nitrogen and oxygen atoms in total. The molecule has 0 saturated heterocycles. The van der Waals surface area contributed by atoms with E-state index >= 15 is 0 Å². The van der Waals surface area contributed by atoms with Crippen LogP contribution in [0.2, 0.25) is 0 Å². The van der Waals surface area contributed by atoms with E-state index < -0.39 is 0 Å². The van der Waals surface area contributed by atoms with Gasteiger partial charge >= 0.3 is 0 Å². The van der Waals surface area contributed by atoms with Gasteiger partial charge in [0, 0.05) is 10.8 Å². The van der Waals surface area contributed by atoms with Crippen LogP contribution in [0.4, 0.5) is 0 Å². The second-order valence-corrected chi connectivity index (χ2v) is 5.71. The Morgan fingerprint density at radius 3 is 2.07 bits per heavy atom. The summed E-state index contributed by atoms with van der Waals surface area (Å²) in [6, 6.07) is 0. The molecule has 0 bridgehead atoms. The lowest BCUT2D eigenvalue weighted by Gasteiger charge is -2.02. The molecular formula is C13H21Cl. The maximum atomic E-state index is 6.13. The molecule has 1 aliphatic carbocycles. The number of unbranched alkanes of at least 4 members (excludes halogenated alkanes) is 1. The Balaban J connectivity index is 2.81. The molecule has 0 aliphatic heterocycles. The van der Waals surface area contributed by atoms with Crippen LogP contribution in [0.5, 0.6) is 0 Å². The van der Waals surface area contributed by atoms with E-state index in [1.54, 1.807) is 0 Å². The molecular weight excluding hydrogens is 192 g/mol. The summed E-state index contributed by atoms with van der Waals surface area (Å²) < 4.78 is 0. The molecule has 1 rings (SSSR count). The Morgan fingerprint density at radius 1 is 1.21 bits per heavy atom. The molecule has 14 heavy (non-hydrogen) atoms. The third kappa shape index (κ3) is 1.92. The summed E-state index contributed by atoms with van der Waals surface area (Å²) in [4.78, 5) is 0. The van der Waals surface area contributed by atoms with Crippen molar-refractivity contribution in [2.75, 3.05) is 0 Å². The molecule has 0 amide bonds. The molecule has 0 radical (unpaired) electrons. The number of hydrogen-bond donors (Lipinski definition) is 0. The largest absolute Gasteiger partial charge is 0.105 e. The Morgan fingerprint density at radius 2 is 1.71 bits per heavy atom. The van der Waals surface area contributed by atoms with Gasteiger partial charge in [0.15, 0.2) is 0 Å². The standard InChI is InChI=1S/C13H21Cl/c1-6-7-8-10(14)9-11-12(2,3)13(11,4)5/h6-8H2,1-5H3. The normalized spacial score (nSPS) is 21.7. The highest BCUT2D eigenvalue weighted by molar-refractivity contribution is 6.29.